The van der Waals surface area contributed by atoms with E-state index in [1.807, 2.05) is 0 Å². The second-order valence-electron chi connectivity index (χ2n) is 3.27. The quantitative estimate of drug-likeness (QED) is 0.328. The molecule has 0 amide bonds. The molecule has 0 heterocycles. The molecule has 1 aromatic rings. The monoisotopic (exact) mass is 276 g/mol. The third kappa shape index (κ3) is 2.19. The van der Waals surface area contributed by atoms with E-state index in [0.29, 0.717) is 0 Å². The van der Waals surface area contributed by atoms with E-state index in [-0.39, 0.29) is 0 Å². The van der Waals surface area contributed by atoms with Crippen molar-refractivity contribution < 1.29 is 17.6 Å². The molecule has 0 nitrogen and oxygen atoms in total. The minimum Gasteiger partial charge on any atom is -0.203 e. The van der Waals surface area contributed by atoms with Gasteiger partial charge >= 0.3 is 0 Å². The lowest BCUT2D eigenvalue weighted by molar-refractivity contribution is 0.464. The van der Waals surface area contributed by atoms with Crippen molar-refractivity contribution in [3.8, 4) is 0 Å². The highest BCUT2D eigenvalue weighted by Gasteiger charge is 2.28. The first kappa shape index (κ1) is 12.9. The number of halogens is 5. The van der Waals surface area contributed by atoms with E-state index in [2.05, 4.69) is 0 Å². The highest BCUT2D eigenvalue weighted by atomic mass is 35.5. The van der Waals surface area contributed by atoms with Gasteiger partial charge in [0.15, 0.2) is 23.3 Å². The van der Waals surface area contributed by atoms with E-state index in [1.54, 1.807) is 0 Å². The summed E-state index contributed by atoms with van der Waals surface area (Å²) in [5.74, 6) is -6.17. The van der Waals surface area contributed by atoms with Crippen molar-refractivity contribution in [3.05, 3.63) is 28.3 Å². The van der Waals surface area contributed by atoms with Crippen LogP contribution in [0.25, 0.3) is 0 Å². The van der Waals surface area contributed by atoms with Gasteiger partial charge in [0.2, 0.25) is 0 Å². The fourth-order valence-electron chi connectivity index (χ4n) is 1.07. The van der Waals surface area contributed by atoms with E-state index in [9.17, 15) is 17.6 Å². The average molecular weight is 277 g/mol. The molecule has 0 aromatic heterocycles. The molecule has 0 spiro atoms. The van der Waals surface area contributed by atoms with Crippen molar-refractivity contribution in [1.82, 2.24) is 0 Å². The van der Waals surface area contributed by atoms with Crippen LogP contribution in [0.4, 0.5) is 17.6 Å². The van der Waals surface area contributed by atoms with Crippen molar-refractivity contribution in [2.24, 2.45) is 0 Å². The standard InChI is InChI=1S/C8H6ClF4PS/c1-14(2,15)8-6(12)4(10)3(9)5(11)7(8)13/h1-2H3. The summed E-state index contributed by atoms with van der Waals surface area (Å²) in [6, 6.07) is -2.62. The van der Waals surface area contributed by atoms with Crippen molar-refractivity contribution in [2.45, 2.75) is 0 Å². The van der Waals surface area contributed by atoms with Crippen LogP contribution >= 0.6 is 17.6 Å². The summed E-state index contributed by atoms with van der Waals surface area (Å²) in [6.45, 7) is 2.74. The average Bonchev–Trinajstić information content (AvgIpc) is 2.09. The molecule has 15 heavy (non-hydrogen) atoms. The van der Waals surface area contributed by atoms with Crippen LogP contribution in [0.1, 0.15) is 0 Å². The zero-order chi connectivity index (χ0) is 12.0. The Balaban J connectivity index is 3.76. The summed E-state index contributed by atoms with van der Waals surface area (Å²) in [5, 5.41) is -1.89. The molecule has 0 saturated heterocycles. The topological polar surface area (TPSA) is 0 Å². The zero-order valence-electron chi connectivity index (χ0n) is 7.75. The summed E-state index contributed by atoms with van der Waals surface area (Å²) in [6.07, 6.45) is 0. The maximum absolute atomic E-state index is 13.3. The molecule has 0 unspecified atom stereocenters. The smallest absolute Gasteiger partial charge is 0.181 e. The van der Waals surface area contributed by atoms with Crippen LogP contribution in [0, 0.1) is 23.3 Å². The largest absolute Gasteiger partial charge is 0.203 e. The number of hydrogen-bond acceptors (Lipinski definition) is 1. The Morgan fingerprint density at radius 3 is 1.53 bits per heavy atom. The number of hydrogen-bond donors (Lipinski definition) is 0. The van der Waals surface area contributed by atoms with Gasteiger partial charge in [0.1, 0.15) is 5.02 Å². The minimum absolute atomic E-state index is 0.711. The first-order valence-corrected chi connectivity index (χ1v) is 7.82. The zero-order valence-corrected chi connectivity index (χ0v) is 10.2. The Morgan fingerprint density at radius 2 is 1.27 bits per heavy atom. The van der Waals surface area contributed by atoms with Crippen LogP contribution in [0.3, 0.4) is 0 Å². The maximum atomic E-state index is 13.3. The van der Waals surface area contributed by atoms with Gasteiger partial charge in [-0.05, 0) is 19.4 Å². The van der Waals surface area contributed by atoms with Crippen LogP contribution in [0.15, 0.2) is 0 Å². The second kappa shape index (κ2) is 4.04. The normalized spacial score (nSPS) is 11.9. The van der Waals surface area contributed by atoms with Crippen LogP contribution in [0.2, 0.25) is 5.02 Å². The van der Waals surface area contributed by atoms with E-state index >= 15 is 0 Å². The van der Waals surface area contributed by atoms with Crippen molar-refractivity contribution in [1.29, 1.82) is 0 Å². The molecule has 0 saturated carbocycles. The molecule has 0 N–H and O–H groups in total. The fourth-order valence-corrected chi connectivity index (χ4v) is 2.85. The highest BCUT2D eigenvalue weighted by molar-refractivity contribution is 8.17. The molecular formula is C8H6ClF4PS. The van der Waals surface area contributed by atoms with E-state index < -0.39 is 39.6 Å². The van der Waals surface area contributed by atoms with Crippen molar-refractivity contribution in [3.63, 3.8) is 0 Å². The van der Waals surface area contributed by atoms with Crippen LogP contribution in [-0.2, 0) is 11.8 Å². The Morgan fingerprint density at radius 1 is 0.933 bits per heavy atom. The minimum atomic E-state index is -2.62. The summed E-state index contributed by atoms with van der Waals surface area (Å²) in [4.78, 5) is 0. The third-order valence-electron chi connectivity index (χ3n) is 1.73. The van der Waals surface area contributed by atoms with Crippen LogP contribution < -0.4 is 5.30 Å². The number of rotatable bonds is 1. The van der Waals surface area contributed by atoms with Crippen molar-refractivity contribution in [2.75, 3.05) is 13.3 Å². The molecule has 7 heteroatoms. The lowest BCUT2D eigenvalue weighted by atomic mass is 10.3. The fraction of sp³-hybridized carbons (Fsp3) is 0.250. The van der Waals surface area contributed by atoms with Gasteiger partial charge in [-0.15, -0.1) is 0 Å². The van der Waals surface area contributed by atoms with Crippen LogP contribution in [-0.4, -0.2) is 13.3 Å². The highest BCUT2D eigenvalue weighted by Crippen LogP contribution is 2.39. The first-order chi connectivity index (χ1) is 6.68. The molecule has 0 fully saturated rings. The van der Waals surface area contributed by atoms with Gasteiger partial charge in [0.05, 0.1) is 5.30 Å². The van der Waals surface area contributed by atoms with E-state index in [1.165, 1.54) is 13.3 Å². The first-order valence-electron chi connectivity index (χ1n) is 3.75. The van der Waals surface area contributed by atoms with Crippen LogP contribution in [0.5, 0.6) is 0 Å². The van der Waals surface area contributed by atoms with Crippen molar-refractivity contribution >= 4 is 34.8 Å². The van der Waals surface area contributed by atoms with Gasteiger partial charge in [-0.3, -0.25) is 0 Å². The Hall–Kier alpha value is -0.120. The molecule has 0 radical (unpaired) electrons. The predicted molar refractivity (Wildman–Crippen MR) is 57.1 cm³/mol. The summed E-state index contributed by atoms with van der Waals surface area (Å²) >= 11 is 9.90. The molecule has 0 atom stereocenters. The molecule has 0 aliphatic heterocycles. The Bertz CT molecular complexity index is 439. The lowest BCUT2D eigenvalue weighted by Crippen LogP contribution is -2.18. The molecule has 0 aliphatic rings. The summed E-state index contributed by atoms with van der Waals surface area (Å²) in [7, 11) is 0. The molecule has 1 rings (SSSR count). The van der Waals surface area contributed by atoms with Gasteiger partial charge in [0.25, 0.3) is 0 Å². The Labute approximate surface area is 94.2 Å². The van der Waals surface area contributed by atoms with Gasteiger partial charge in [0, 0.05) is 0 Å². The molecule has 84 valence electrons. The molecule has 1 aromatic carbocycles. The number of benzene rings is 1. The Kier molecular flexibility index (Phi) is 3.49. The SMILES string of the molecule is CP(C)(=S)c1c(F)c(F)c(Cl)c(F)c1F. The van der Waals surface area contributed by atoms with E-state index in [4.69, 9.17) is 23.4 Å². The predicted octanol–water partition coefficient (Wildman–Crippen LogP) is 3.26. The third-order valence-corrected chi connectivity index (χ3v) is 4.07. The second-order valence-corrected chi connectivity index (χ2v) is 9.53. The van der Waals surface area contributed by atoms with Gasteiger partial charge in [-0.2, -0.15) is 0 Å². The maximum Gasteiger partial charge on any atom is 0.181 e. The molecular weight excluding hydrogens is 271 g/mol. The van der Waals surface area contributed by atoms with Gasteiger partial charge in [-0.1, -0.05) is 23.4 Å². The van der Waals surface area contributed by atoms with Gasteiger partial charge < -0.3 is 0 Å². The summed E-state index contributed by atoms with van der Waals surface area (Å²) in [5.41, 5.74) is 0. The van der Waals surface area contributed by atoms with E-state index in [0.717, 1.165) is 0 Å². The van der Waals surface area contributed by atoms with Gasteiger partial charge in [-0.25, -0.2) is 17.6 Å². The molecule has 0 aliphatic carbocycles. The molecule has 0 bridgehead atoms. The summed E-state index contributed by atoms with van der Waals surface area (Å²) < 4.78 is 52.6. The lowest BCUT2D eigenvalue weighted by Gasteiger charge is -2.14.